The number of amides is 2. The summed E-state index contributed by atoms with van der Waals surface area (Å²) in [5, 5.41) is 5.61. The Morgan fingerprint density at radius 3 is 2.42 bits per heavy atom. The topological polar surface area (TPSA) is 115 Å². The minimum absolute atomic E-state index is 0.0473. The smallest absolute Gasteiger partial charge is 0.254 e. The van der Waals surface area contributed by atoms with Crippen LogP contribution in [0, 0.1) is 6.92 Å². The van der Waals surface area contributed by atoms with Crippen molar-refractivity contribution < 1.29 is 23.8 Å². The molecule has 1 aliphatic rings. The van der Waals surface area contributed by atoms with E-state index in [0.29, 0.717) is 11.5 Å². The number of aryl methyl sites for hydroxylation is 1. The summed E-state index contributed by atoms with van der Waals surface area (Å²) in [5.41, 5.74) is 8.83. The van der Waals surface area contributed by atoms with Crippen LogP contribution in [0.4, 0.5) is 5.69 Å². The predicted octanol–water partition coefficient (Wildman–Crippen LogP) is 1.72. The van der Waals surface area contributed by atoms with Gasteiger partial charge in [0.25, 0.3) is 5.91 Å². The average Bonchev–Trinajstić information content (AvgIpc) is 3.24. The summed E-state index contributed by atoms with van der Waals surface area (Å²) in [4.78, 5) is 27.4. The first-order valence-corrected chi connectivity index (χ1v) is 10.8. The molecule has 1 fully saturated rings. The highest BCUT2D eigenvalue weighted by Crippen LogP contribution is 2.43. The highest BCUT2D eigenvalue weighted by Gasteiger charge is 2.25. The van der Waals surface area contributed by atoms with Gasteiger partial charge in [-0.3, -0.25) is 14.5 Å². The number of carbonyl (C=O) groups is 2. The second-order valence-corrected chi connectivity index (χ2v) is 8.06. The van der Waals surface area contributed by atoms with Crippen molar-refractivity contribution in [2.24, 2.45) is 0 Å². The lowest BCUT2D eigenvalue weighted by Crippen LogP contribution is -2.43. The van der Waals surface area contributed by atoms with E-state index in [9.17, 15) is 9.59 Å². The number of likely N-dealkylation sites (tertiary alicyclic amines) is 1. The van der Waals surface area contributed by atoms with Crippen LogP contribution >= 0.6 is 0 Å². The van der Waals surface area contributed by atoms with Gasteiger partial charge >= 0.3 is 0 Å². The molecule has 3 rings (SSSR count). The van der Waals surface area contributed by atoms with Crippen molar-refractivity contribution in [1.29, 1.82) is 0 Å². The maximum atomic E-state index is 12.7. The number of ether oxygens (including phenoxy) is 3. The fourth-order valence-electron chi connectivity index (χ4n) is 3.95. The van der Waals surface area contributed by atoms with Crippen molar-refractivity contribution in [1.82, 2.24) is 15.5 Å². The van der Waals surface area contributed by atoms with Crippen LogP contribution in [-0.4, -0.2) is 63.7 Å². The number of carbonyl (C=O) groups excluding carboxylic acids is 2. The maximum absolute atomic E-state index is 12.7. The summed E-state index contributed by atoms with van der Waals surface area (Å²) in [5.74, 6) is 0.0398. The Morgan fingerprint density at radius 2 is 1.79 bits per heavy atom. The highest BCUT2D eigenvalue weighted by atomic mass is 16.5. The van der Waals surface area contributed by atoms with Gasteiger partial charge in [-0.15, -0.1) is 0 Å². The standard InChI is InChI=1S/C24H32N4O5/c1-15-5-7-16(8-6-15)13-28-10-9-17(14-28)27-20(29)12-26-24(30)18-11-19(31-2)22(32-3)23(33-4)21(18)25/h5-8,11,17H,9-10,12-14,25H2,1-4H3,(H,26,30)(H,27,29)/t17-/m1/s1. The third-order valence-electron chi connectivity index (χ3n) is 5.69. The Balaban J connectivity index is 1.53. The van der Waals surface area contributed by atoms with Crippen LogP contribution in [0.25, 0.3) is 0 Å². The van der Waals surface area contributed by atoms with Crippen LogP contribution in [0.5, 0.6) is 17.2 Å². The van der Waals surface area contributed by atoms with Crippen molar-refractivity contribution in [2.45, 2.75) is 25.9 Å². The summed E-state index contributed by atoms with van der Waals surface area (Å²) < 4.78 is 15.8. The quantitative estimate of drug-likeness (QED) is 0.492. The van der Waals surface area contributed by atoms with Crippen LogP contribution in [0.15, 0.2) is 30.3 Å². The third kappa shape index (κ3) is 5.87. The molecule has 2 aromatic carbocycles. The number of nitrogens with one attached hydrogen (secondary N) is 2. The molecule has 1 atom stereocenters. The number of hydrogen-bond donors (Lipinski definition) is 3. The van der Waals surface area contributed by atoms with Gasteiger partial charge in [0, 0.05) is 25.7 Å². The van der Waals surface area contributed by atoms with Gasteiger partial charge in [-0.05, 0) is 25.0 Å². The van der Waals surface area contributed by atoms with Gasteiger partial charge in [0.05, 0.1) is 39.1 Å². The summed E-state index contributed by atoms with van der Waals surface area (Å²) in [6.07, 6.45) is 0.866. The molecule has 178 valence electrons. The largest absolute Gasteiger partial charge is 0.493 e. The number of benzene rings is 2. The van der Waals surface area contributed by atoms with Gasteiger partial charge < -0.3 is 30.6 Å². The molecule has 0 aromatic heterocycles. The Hall–Kier alpha value is -3.46. The third-order valence-corrected chi connectivity index (χ3v) is 5.69. The summed E-state index contributed by atoms with van der Waals surface area (Å²) in [7, 11) is 4.33. The minimum atomic E-state index is -0.505. The maximum Gasteiger partial charge on any atom is 0.254 e. The van der Waals surface area contributed by atoms with Gasteiger partial charge in [-0.2, -0.15) is 0 Å². The molecular formula is C24H32N4O5. The number of nitrogens with two attached hydrogens (primary N) is 1. The Morgan fingerprint density at radius 1 is 1.09 bits per heavy atom. The van der Waals surface area contributed by atoms with Crippen LogP contribution in [0.2, 0.25) is 0 Å². The van der Waals surface area contributed by atoms with E-state index >= 15 is 0 Å². The monoisotopic (exact) mass is 456 g/mol. The van der Waals surface area contributed by atoms with Gasteiger partial charge in [-0.25, -0.2) is 0 Å². The zero-order chi connectivity index (χ0) is 24.0. The molecule has 0 unspecified atom stereocenters. The number of rotatable bonds is 9. The van der Waals surface area contributed by atoms with E-state index in [1.54, 1.807) is 0 Å². The van der Waals surface area contributed by atoms with E-state index in [1.807, 2.05) is 0 Å². The van der Waals surface area contributed by atoms with Crippen LogP contribution in [0.3, 0.4) is 0 Å². The van der Waals surface area contributed by atoms with E-state index in [2.05, 4.69) is 46.7 Å². The van der Waals surface area contributed by atoms with Gasteiger partial charge in [0.15, 0.2) is 11.5 Å². The van der Waals surface area contributed by atoms with Crippen molar-refractivity contribution in [3.05, 3.63) is 47.0 Å². The number of nitrogens with zero attached hydrogens (tertiary/aromatic N) is 1. The predicted molar refractivity (Wildman–Crippen MR) is 126 cm³/mol. The molecule has 4 N–H and O–H groups in total. The minimum Gasteiger partial charge on any atom is -0.493 e. The van der Waals surface area contributed by atoms with Crippen LogP contribution in [0.1, 0.15) is 27.9 Å². The van der Waals surface area contributed by atoms with E-state index in [1.165, 1.54) is 38.5 Å². The zero-order valence-electron chi connectivity index (χ0n) is 19.6. The molecule has 0 spiro atoms. The zero-order valence-corrected chi connectivity index (χ0v) is 19.6. The summed E-state index contributed by atoms with van der Waals surface area (Å²) in [6.45, 7) is 4.44. The van der Waals surface area contributed by atoms with Crippen molar-refractivity contribution in [2.75, 3.05) is 46.7 Å². The number of anilines is 1. The molecule has 0 bridgehead atoms. The van der Waals surface area contributed by atoms with Crippen molar-refractivity contribution in [3.8, 4) is 17.2 Å². The molecule has 0 saturated carbocycles. The lowest BCUT2D eigenvalue weighted by molar-refractivity contribution is -0.120. The molecule has 1 aliphatic heterocycles. The Kier molecular flexibility index (Phi) is 8.00. The Labute approximate surface area is 194 Å². The van der Waals surface area contributed by atoms with Crippen molar-refractivity contribution in [3.63, 3.8) is 0 Å². The molecular weight excluding hydrogens is 424 g/mol. The first kappa shape index (κ1) is 24.2. The Bertz CT molecular complexity index is 993. The molecule has 2 aromatic rings. The van der Waals surface area contributed by atoms with Gasteiger partial charge in [0.1, 0.15) is 0 Å². The number of hydrogen-bond acceptors (Lipinski definition) is 7. The SMILES string of the molecule is COc1cc(C(=O)NCC(=O)N[C@@H]2CCN(Cc3ccc(C)cc3)C2)c(N)c(OC)c1OC. The van der Waals surface area contributed by atoms with E-state index < -0.39 is 5.91 Å². The molecule has 1 saturated heterocycles. The van der Waals surface area contributed by atoms with Gasteiger partial charge in [-0.1, -0.05) is 29.8 Å². The molecule has 9 nitrogen and oxygen atoms in total. The first-order chi connectivity index (χ1) is 15.9. The molecule has 0 aliphatic carbocycles. The number of methoxy groups -OCH3 is 3. The lowest BCUT2D eigenvalue weighted by Gasteiger charge is -2.18. The van der Waals surface area contributed by atoms with Crippen LogP contribution in [-0.2, 0) is 11.3 Å². The molecule has 2 amide bonds. The second kappa shape index (κ2) is 10.9. The lowest BCUT2D eigenvalue weighted by atomic mass is 10.1. The van der Waals surface area contributed by atoms with Crippen LogP contribution < -0.4 is 30.6 Å². The fourth-order valence-corrected chi connectivity index (χ4v) is 3.95. The van der Waals surface area contributed by atoms with Gasteiger partial charge in [0.2, 0.25) is 11.7 Å². The van der Waals surface area contributed by atoms with E-state index in [4.69, 9.17) is 19.9 Å². The summed E-state index contributed by atoms with van der Waals surface area (Å²) in [6, 6.07) is 9.98. The number of nitrogen functional groups attached to an aromatic ring is 1. The molecule has 33 heavy (non-hydrogen) atoms. The first-order valence-electron chi connectivity index (χ1n) is 10.8. The summed E-state index contributed by atoms with van der Waals surface area (Å²) >= 11 is 0. The second-order valence-electron chi connectivity index (χ2n) is 8.06. The molecule has 1 heterocycles. The molecule has 9 heteroatoms. The molecule has 0 radical (unpaired) electrons. The van der Waals surface area contributed by atoms with E-state index in [0.717, 1.165) is 26.1 Å². The fraction of sp³-hybridized carbons (Fsp3) is 0.417. The highest BCUT2D eigenvalue weighted by molar-refractivity contribution is 6.03. The normalized spacial score (nSPS) is 15.7. The average molecular weight is 457 g/mol. The van der Waals surface area contributed by atoms with Crippen molar-refractivity contribution >= 4 is 17.5 Å². The van der Waals surface area contributed by atoms with E-state index in [-0.39, 0.29) is 35.5 Å².